The fraction of sp³-hybridized carbons (Fsp3) is 0.300. The maximum Gasteiger partial charge on any atom is 0.329 e. The fourth-order valence-corrected chi connectivity index (χ4v) is 2.44. The largest absolute Gasteiger partial charge is 0.480 e. The van der Waals surface area contributed by atoms with Crippen molar-refractivity contribution in [2.45, 2.75) is 13.0 Å². The monoisotopic (exact) mass is 222 g/mol. The van der Waals surface area contributed by atoms with Gasteiger partial charge in [-0.3, -0.25) is 9.98 Å². The zero-order valence-corrected chi connectivity index (χ0v) is 8.99. The van der Waals surface area contributed by atoms with Crippen molar-refractivity contribution in [3.8, 4) is 0 Å². The number of hydrogen-bond donors (Lipinski definition) is 1. The Morgan fingerprint density at radius 3 is 3.07 bits per heavy atom. The molecule has 0 radical (unpaired) electrons. The molecule has 0 bridgehead atoms. The number of carboxylic acid groups (broad SMARTS) is 1. The molecular weight excluding hydrogens is 212 g/mol. The minimum Gasteiger partial charge on any atom is -0.480 e. The highest BCUT2D eigenvalue weighted by molar-refractivity contribution is 8.14. The Kier molecular flexibility index (Phi) is 2.73. The Hall–Kier alpha value is -1.36. The smallest absolute Gasteiger partial charge is 0.329 e. The fourth-order valence-electron chi connectivity index (χ4n) is 1.34. The van der Waals surface area contributed by atoms with E-state index in [0.717, 1.165) is 16.2 Å². The standard InChI is InChI=1S/C10H10N2O2S/c1-6-2-3-11-4-7(6)9-12-8(5-15-9)10(13)14/h2-4,8H,5H2,1H3,(H,13,14). The van der Waals surface area contributed by atoms with Crippen LogP contribution in [-0.2, 0) is 4.79 Å². The van der Waals surface area contributed by atoms with Crippen LogP contribution in [0.25, 0.3) is 0 Å². The number of aliphatic carboxylic acids is 1. The van der Waals surface area contributed by atoms with Gasteiger partial charge in [0.25, 0.3) is 0 Å². The first kappa shape index (κ1) is 10.2. The lowest BCUT2D eigenvalue weighted by Crippen LogP contribution is -2.17. The Balaban J connectivity index is 2.30. The van der Waals surface area contributed by atoms with E-state index >= 15 is 0 Å². The molecule has 0 aromatic carbocycles. The lowest BCUT2D eigenvalue weighted by atomic mass is 10.2. The van der Waals surface area contributed by atoms with Crippen LogP contribution in [0.5, 0.6) is 0 Å². The first-order valence-electron chi connectivity index (χ1n) is 4.53. The summed E-state index contributed by atoms with van der Waals surface area (Å²) in [7, 11) is 0. The summed E-state index contributed by atoms with van der Waals surface area (Å²) >= 11 is 1.48. The SMILES string of the molecule is Cc1ccncc1C1=NC(C(=O)O)CS1. The van der Waals surface area contributed by atoms with Crippen LogP contribution in [-0.4, -0.2) is 32.9 Å². The third-order valence-corrected chi connectivity index (χ3v) is 3.29. The number of aliphatic imine (C=N–C) groups is 1. The zero-order chi connectivity index (χ0) is 10.8. The van der Waals surface area contributed by atoms with Crippen molar-refractivity contribution in [2.24, 2.45) is 4.99 Å². The molecule has 0 aliphatic carbocycles. The predicted molar refractivity (Wildman–Crippen MR) is 59.4 cm³/mol. The second-order valence-corrected chi connectivity index (χ2v) is 4.30. The molecule has 1 N–H and O–H groups in total. The summed E-state index contributed by atoms with van der Waals surface area (Å²) in [5, 5.41) is 9.60. The molecule has 0 amide bonds. The number of aryl methyl sites for hydroxylation is 1. The lowest BCUT2D eigenvalue weighted by molar-refractivity contribution is -0.137. The minimum atomic E-state index is -0.862. The predicted octanol–water partition coefficient (Wildman–Crippen LogP) is 1.34. The Bertz CT molecular complexity index is 431. The van der Waals surface area contributed by atoms with E-state index in [1.807, 2.05) is 13.0 Å². The van der Waals surface area contributed by atoms with Gasteiger partial charge >= 0.3 is 5.97 Å². The van der Waals surface area contributed by atoms with Crippen molar-refractivity contribution < 1.29 is 9.90 Å². The first-order chi connectivity index (χ1) is 7.18. The first-order valence-corrected chi connectivity index (χ1v) is 5.51. The highest BCUT2D eigenvalue weighted by Crippen LogP contribution is 2.24. The van der Waals surface area contributed by atoms with Crippen LogP contribution in [0.1, 0.15) is 11.1 Å². The van der Waals surface area contributed by atoms with Crippen molar-refractivity contribution in [3.63, 3.8) is 0 Å². The molecule has 4 nitrogen and oxygen atoms in total. The molecule has 0 spiro atoms. The molecule has 2 rings (SSSR count). The van der Waals surface area contributed by atoms with Crippen LogP contribution < -0.4 is 0 Å². The van der Waals surface area contributed by atoms with E-state index < -0.39 is 12.0 Å². The van der Waals surface area contributed by atoms with Crippen LogP contribution in [0.4, 0.5) is 0 Å². The summed E-state index contributed by atoms with van der Waals surface area (Å²) in [5.74, 6) is -0.349. The summed E-state index contributed by atoms with van der Waals surface area (Å²) in [6, 6.07) is 1.29. The summed E-state index contributed by atoms with van der Waals surface area (Å²) < 4.78 is 0. The molecule has 78 valence electrons. The van der Waals surface area contributed by atoms with Gasteiger partial charge in [0.15, 0.2) is 6.04 Å². The lowest BCUT2D eigenvalue weighted by Gasteiger charge is -2.02. The van der Waals surface area contributed by atoms with E-state index in [1.54, 1.807) is 12.4 Å². The number of pyridine rings is 1. The molecule has 1 aromatic rings. The van der Waals surface area contributed by atoms with E-state index in [-0.39, 0.29) is 0 Å². The van der Waals surface area contributed by atoms with E-state index in [4.69, 9.17) is 5.11 Å². The van der Waals surface area contributed by atoms with Crippen LogP contribution in [0.3, 0.4) is 0 Å². The summed E-state index contributed by atoms with van der Waals surface area (Å²) in [4.78, 5) is 18.9. The number of carbonyl (C=O) groups is 1. The number of nitrogens with zero attached hydrogens (tertiary/aromatic N) is 2. The average molecular weight is 222 g/mol. The molecule has 1 aliphatic heterocycles. The zero-order valence-electron chi connectivity index (χ0n) is 8.17. The van der Waals surface area contributed by atoms with Crippen molar-refractivity contribution in [2.75, 3.05) is 5.75 Å². The van der Waals surface area contributed by atoms with E-state index in [9.17, 15) is 4.79 Å². The molecular formula is C10H10N2O2S. The van der Waals surface area contributed by atoms with Crippen molar-refractivity contribution in [3.05, 3.63) is 29.6 Å². The van der Waals surface area contributed by atoms with Crippen molar-refractivity contribution in [1.82, 2.24) is 4.98 Å². The van der Waals surface area contributed by atoms with Crippen LogP contribution >= 0.6 is 11.8 Å². The Morgan fingerprint density at radius 1 is 1.67 bits per heavy atom. The van der Waals surface area contributed by atoms with Gasteiger partial charge in [-0.15, -0.1) is 11.8 Å². The second kappa shape index (κ2) is 4.02. The Morgan fingerprint density at radius 2 is 2.47 bits per heavy atom. The van der Waals surface area contributed by atoms with Gasteiger partial charge in [-0.05, 0) is 18.6 Å². The topological polar surface area (TPSA) is 62.5 Å². The number of rotatable bonds is 2. The van der Waals surface area contributed by atoms with Gasteiger partial charge in [0.05, 0.1) is 0 Å². The highest BCUT2D eigenvalue weighted by atomic mass is 32.2. The van der Waals surface area contributed by atoms with Gasteiger partial charge in [0.2, 0.25) is 0 Å². The molecule has 1 aliphatic rings. The van der Waals surface area contributed by atoms with Gasteiger partial charge in [-0.25, -0.2) is 4.79 Å². The van der Waals surface area contributed by atoms with Gasteiger partial charge in [0, 0.05) is 23.7 Å². The molecule has 1 aromatic heterocycles. The quantitative estimate of drug-likeness (QED) is 0.820. The van der Waals surface area contributed by atoms with Crippen molar-refractivity contribution >= 4 is 22.8 Å². The number of carboxylic acids is 1. The van der Waals surface area contributed by atoms with Crippen LogP contribution in [0.2, 0.25) is 0 Å². The van der Waals surface area contributed by atoms with Gasteiger partial charge < -0.3 is 5.11 Å². The summed E-state index contributed by atoms with van der Waals surface area (Å²) in [6.45, 7) is 1.97. The van der Waals surface area contributed by atoms with E-state index in [0.29, 0.717) is 5.75 Å². The molecule has 5 heteroatoms. The molecule has 0 fully saturated rings. The molecule has 1 unspecified atom stereocenters. The maximum atomic E-state index is 10.7. The summed E-state index contributed by atoms with van der Waals surface area (Å²) in [5.41, 5.74) is 2.01. The molecule has 0 saturated carbocycles. The normalized spacial score (nSPS) is 20.1. The second-order valence-electron chi connectivity index (χ2n) is 3.29. The molecule has 2 heterocycles. The molecule has 1 atom stereocenters. The van der Waals surface area contributed by atoms with E-state index in [1.165, 1.54) is 11.8 Å². The maximum absolute atomic E-state index is 10.7. The Labute approximate surface area is 91.4 Å². The minimum absolute atomic E-state index is 0.513. The number of hydrogen-bond acceptors (Lipinski definition) is 4. The molecule has 0 saturated heterocycles. The third kappa shape index (κ3) is 2.02. The van der Waals surface area contributed by atoms with Crippen molar-refractivity contribution in [1.29, 1.82) is 0 Å². The summed E-state index contributed by atoms with van der Waals surface area (Å²) in [6.07, 6.45) is 3.44. The van der Waals surface area contributed by atoms with Gasteiger partial charge in [-0.2, -0.15) is 0 Å². The van der Waals surface area contributed by atoms with Gasteiger partial charge in [0.1, 0.15) is 5.04 Å². The van der Waals surface area contributed by atoms with Crippen LogP contribution in [0, 0.1) is 6.92 Å². The average Bonchev–Trinajstić information content (AvgIpc) is 2.67. The molecule has 15 heavy (non-hydrogen) atoms. The number of aromatic nitrogens is 1. The number of thioether (sulfide) groups is 1. The van der Waals surface area contributed by atoms with E-state index in [2.05, 4.69) is 9.98 Å². The third-order valence-electron chi connectivity index (χ3n) is 2.21. The highest BCUT2D eigenvalue weighted by Gasteiger charge is 2.25. The van der Waals surface area contributed by atoms with Crippen LogP contribution in [0.15, 0.2) is 23.5 Å². The van der Waals surface area contributed by atoms with Gasteiger partial charge in [-0.1, -0.05) is 0 Å².